The van der Waals surface area contributed by atoms with Crippen LogP contribution in [0.3, 0.4) is 0 Å². The quantitative estimate of drug-likeness (QED) is 0.799. The Balaban J connectivity index is 1.92. The topological polar surface area (TPSA) is 99.8 Å². The molecule has 7 heteroatoms. The van der Waals surface area contributed by atoms with Crippen LogP contribution in [0.2, 0.25) is 0 Å². The molecule has 0 aliphatic rings. The molecule has 1 heterocycles. The van der Waals surface area contributed by atoms with Crippen LogP contribution >= 0.6 is 0 Å². The van der Waals surface area contributed by atoms with Crippen molar-refractivity contribution in [2.75, 3.05) is 10.6 Å². The van der Waals surface area contributed by atoms with E-state index in [2.05, 4.69) is 21.8 Å². The Morgan fingerprint density at radius 3 is 2.35 bits per heavy atom. The van der Waals surface area contributed by atoms with Crippen molar-refractivity contribution in [3.63, 3.8) is 0 Å². The van der Waals surface area contributed by atoms with Crippen molar-refractivity contribution in [3.8, 4) is 6.07 Å². The van der Waals surface area contributed by atoms with Gasteiger partial charge in [0, 0.05) is 30.4 Å². The molecule has 7 nitrogen and oxygen atoms in total. The van der Waals surface area contributed by atoms with E-state index in [0.717, 1.165) is 17.0 Å². The Morgan fingerprint density at radius 2 is 1.77 bits per heavy atom. The molecule has 0 atom stereocenters. The van der Waals surface area contributed by atoms with Gasteiger partial charge in [-0.05, 0) is 50.1 Å². The lowest BCUT2D eigenvalue weighted by molar-refractivity contribution is -0.116. The van der Waals surface area contributed by atoms with Crippen LogP contribution in [0.15, 0.2) is 24.3 Å². The molecule has 0 fully saturated rings. The summed E-state index contributed by atoms with van der Waals surface area (Å²) in [5, 5.41) is 18.7. The monoisotopic (exact) mass is 353 g/mol. The first kappa shape index (κ1) is 19.2. The Hall–Kier alpha value is -3.14. The lowest BCUT2D eigenvalue weighted by atomic mass is 10.1. The van der Waals surface area contributed by atoms with Gasteiger partial charge in [-0.1, -0.05) is 0 Å². The summed E-state index contributed by atoms with van der Waals surface area (Å²) in [5.41, 5.74) is 4.32. The largest absolute Gasteiger partial charge is 0.326 e. The van der Waals surface area contributed by atoms with Crippen molar-refractivity contribution < 1.29 is 9.59 Å². The molecule has 0 aliphatic heterocycles. The maximum Gasteiger partial charge on any atom is 0.224 e. The summed E-state index contributed by atoms with van der Waals surface area (Å²) >= 11 is 0. The van der Waals surface area contributed by atoms with Gasteiger partial charge in [0.2, 0.25) is 11.8 Å². The second-order valence-corrected chi connectivity index (χ2v) is 6.09. The lowest BCUT2D eigenvalue weighted by Crippen LogP contribution is -2.13. The van der Waals surface area contributed by atoms with Crippen LogP contribution in [0.4, 0.5) is 11.4 Å². The lowest BCUT2D eigenvalue weighted by Gasteiger charge is -2.07. The van der Waals surface area contributed by atoms with Crippen LogP contribution in [0.1, 0.15) is 36.7 Å². The fourth-order valence-corrected chi connectivity index (χ4v) is 2.77. The van der Waals surface area contributed by atoms with E-state index in [0.29, 0.717) is 37.2 Å². The molecule has 0 saturated heterocycles. The molecule has 2 rings (SSSR count). The number of amides is 2. The number of nitrogens with zero attached hydrogens (tertiary/aromatic N) is 3. The number of rotatable bonds is 7. The molecule has 0 aliphatic carbocycles. The first-order chi connectivity index (χ1) is 12.4. The molecule has 2 amide bonds. The van der Waals surface area contributed by atoms with Gasteiger partial charge in [-0.2, -0.15) is 10.4 Å². The summed E-state index contributed by atoms with van der Waals surface area (Å²) in [4.78, 5) is 23.2. The molecular formula is C19H23N5O2. The SMILES string of the molecule is CC(=O)Nc1ccc(NC(=O)CCc2c(C)nn(CCC#N)c2C)cc1. The second kappa shape index (κ2) is 8.81. The van der Waals surface area contributed by atoms with Gasteiger partial charge in [-0.15, -0.1) is 0 Å². The maximum atomic E-state index is 12.2. The maximum absolute atomic E-state index is 12.2. The van der Waals surface area contributed by atoms with Crippen molar-refractivity contribution in [1.82, 2.24) is 9.78 Å². The van der Waals surface area contributed by atoms with Crippen LogP contribution in [0.5, 0.6) is 0 Å². The second-order valence-electron chi connectivity index (χ2n) is 6.09. The third-order valence-corrected chi connectivity index (χ3v) is 4.06. The molecular weight excluding hydrogens is 330 g/mol. The first-order valence-electron chi connectivity index (χ1n) is 8.48. The molecule has 0 unspecified atom stereocenters. The van der Waals surface area contributed by atoms with Crippen LogP contribution in [-0.4, -0.2) is 21.6 Å². The van der Waals surface area contributed by atoms with Gasteiger partial charge in [-0.25, -0.2) is 0 Å². The van der Waals surface area contributed by atoms with E-state index in [1.165, 1.54) is 6.92 Å². The zero-order valence-electron chi connectivity index (χ0n) is 15.3. The third kappa shape index (κ3) is 5.18. The summed E-state index contributed by atoms with van der Waals surface area (Å²) in [7, 11) is 0. The molecule has 136 valence electrons. The molecule has 1 aromatic carbocycles. The Labute approximate surface area is 153 Å². The number of carbonyl (C=O) groups excluding carboxylic acids is 2. The number of anilines is 2. The standard InChI is InChI=1S/C19H23N5O2/c1-13-18(14(2)24(23-13)12-4-11-20)9-10-19(26)22-17-7-5-16(6-8-17)21-15(3)25/h5-8H,4,9-10,12H2,1-3H3,(H,21,25)(H,22,26). The Bertz CT molecular complexity index is 831. The third-order valence-electron chi connectivity index (χ3n) is 4.06. The summed E-state index contributed by atoms with van der Waals surface area (Å²) < 4.78 is 1.83. The zero-order valence-corrected chi connectivity index (χ0v) is 15.3. The van der Waals surface area contributed by atoms with Crippen LogP contribution in [-0.2, 0) is 22.6 Å². The molecule has 0 radical (unpaired) electrons. The highest BCUT2D eigenvalue weighted by molar-refractivity contribution is 5.92. The summed E-state index contributed by atoms with van der Waals surface area (Å²) in [6.07, 6.45) is 1.36. The van der Waals surface area contributed by atoms with Gasteiger partial charge in [0.05, 0.1) is 24.7 Å². The molecule has 1 aromatic heterocycles. The summed E-state index contributed by atoms with van der Waals surface area (Å²) in [6, 6.07) is 9.10. The van der Waals surface area contributed by atoms with Crippen LogP contribution in [0.25, 0.3) is 0 Å². The van der Waals surface area contributed by atoms with Crippen molar-refractivity contribution >= 4 is 23.2 Å². The first-order valence-corrected chi connectivity index (χ1v) is 8.48. The highest BCUT2D eigenvalue weighted by atomic mass is 16.2. The van der Waals surface area contributed by atoms with Gasteiger partial charge in [0.1, 0.15) is 0 Å². The minimum absolute atomic E-state index is 0.0825. The zero-order chi connectivity index (χ0) is 19.1. The fourth-order valence-electron chi connectivity index (χ4n) is 2.77. The summed E-state index contributed by atoms with van der Waals surface area (Å²) in [6.45, 7) is 5.90. The fraction of sp³-hybridized carbons (Fsp3) is 0.368. The predicted octanol–water partition coefficient (Wildman–Crippen LogP) is 2.94. The van der Waals surface area contributed by atoms with Crippen molar-refractivity contribution in [1.29, 1.82) is 5.26 Å². The van der Waals surface area contributed by atoms with Gasteiger partial charge in [0.25, 0.3) is 0 Å². The number of hydrogen-bond acceptors (Lipinski definition) is 4. The summed E-state index contributed by atoms with van der Waals surface area (Å²) in [5.74, 6) is -0.219. The van der Waals surface area contributed by atoms with Gasteiger partial charge >= 0.3 is 0 Å². The molecule has 2 N–H and O–H groups in total. The van der Waals surface area contributed by atoms with Crippen LogP contribution in [0, 0.1) is 25.2 Å². The number of benzene rings is 1. The molecule has 0 saturated carbocycles. The minimum Gasteiger partial charge on any atom is -0.326 e. The molecule has 0 bridgehead atoms. The number of aryl methyl sites for hydroxylation is 2. The molecule has 2 aromatic rings. The molecule has 26 heavy (non-hydrogen) atoms. The van der Waals surface area contributed by atoms with E-state index < -0.39 is 0 Å². The number of nitriles is 1. The number of carbonyl (C=O) groups is 2. The normalized spacial score (nSPS) is 10.2. The van der Waals surface area contributed by atoms with E-state index in [-0.39, 0.29) is 11.8 Å². The predicted molar refractivity (Wildman–Crippen MR) is 99.6 cm³/mol. The Kier molecular flexibility index (Phi) is 6.50. The van der Waals surface area contributed by atoms with E-state index in [1.54, 1.807) is 24.3 Å². The van der Waals surface area contributed by atoms with E-state index in [9.17, 15) is 9.59 Å². The van der Waals surface area contributed by atoms with Crippen molar-refractivity contribution in [2.45, 2.75) is 46.6 Å². The highest BCUT2D eigenvalue weighted by Crippen LogP contribution is 2.17. The Morgan fingerprint density at radius 1 is 1.15 bits per heavy atom. The number of nitrogens with one attached hydrogen (secondary N) is 2. The van der Waals surface area contributed by atoms with E-state index in [1.807, 2.05) is 18.5 Å². The average Bonchev–Trinajstić information content (AvgIpc) is 2.86. The minimum atomic E-state index is -0.136. The van der Waals surface area contributed by atoms with Gasteiger partial charge in [-0.3, -0.25) is 14.3 Å². The number of aromatic nitrogens is 2. The smallest absolute Gasteiger partial charge is 0.224 e. The van der Waals surface area contributed by atoms with Crippen molar-refractivity contribution in [3.05, 3.63) is 41.2 Å². The van der Waals surface area contributed by atoms with Gasteiger partial charge in [0.15, 0.2) is 0 Å². The molecule has 0 spiro atoms. The van der Waals surface area contributed by atoms with Crippen molar-refractivity contribution in [2.24, 2.45) is 0 Å². The van der Waals surface area contributed by atoms with Gasteiger partial charge < -0.3 is 10.6 Å². The average molecular weight is 353 g/mol. The highest BCUT2D eigenvalue weighted by Gasteiger charge is 2.13. The van der Waals surface area contributed by atoms with E-state index >= 15 is 0 Å². The van der Waals surface area contributed by atoms with Crippen LogP contribution < -0.4 is 10.6 Å². The van der Waals surface area contributed by atoms with E-state index in [4.69, 9.17) is 5.26 Å². The number of hydrogen-bond donors (Lipinski definition) is 2.